The van der Waals surface area contributed by atoms with Crippen molar-refractivity contribution in [2.24, 2.45) is 0 Å². The van der Waals surface area contributed by atoms with E-state index in [-0.39, 0.29) is 36.3 Å². The van der Waals surface area contributed by atoms with Crippen LogP contribution in [-0.2, 0) is 0 Å². The van der Waals surface area contributed by atoms with Gasteiger partial charge in [-0.05, 0) is 42.5 Å². The Morgan fingerprint density at radius 3 is 1.67 bits per heavy atom. The molecular formula is C20H17Cl2N3O2. The average Bonchev–Trinajstić information content (AvgIpc) is 2.60. The molecule has 0 aliphatic rings. The van der Waals surface area contributed by atoms with Gasteiger partial charge in [0.25, 0.3) is 0 Å². The third-order valence-corrected chi connectivity index (χ3v) is 3.93. The minimum absolute atomic E-state index is 0. The number of benzene rings is 3. The van der Waals surface area contributed by atoms with Gasteiger partial charge < -0.3 is 15.9 Å². The van der Waals surface area contributed by atoms with Gasteiger partial charge in [0, 0.05) is 16.8 Å². The van der Waals surface area contributed by atoms with E-state index >= 15 is 0 Å². The SMILES string of the molecule is Cl.Cl.Nc1ccc2nc(-c3cccc(O)c3)c(-c3cccc(O)c3)nc2c1. The molecule has 0 unspecified atom stereocenters. The lowest BCUT2D eigenvalue weighted by atomic mass is 10.0. The van der Waals surface area contributed by atoms with E-state index < -0.39 is 0 Å². The van der Waals surface area contributed by atoms with Crippen LogP contribution < -0.4 is 5.73 Å². The molecule has 1 aromatic heterocycles. The summed E-state index contributed by atoms with van der Waals surface area (Å²) in [6.45, 7) is 0. The van der Waals surface area contributed by atoms with Crippen molar-refractivity contribution in [1.29, 1.82) is 0 Å². The van der Waals surface area contributed by atoms with Crippen molar-refractivity contribution < 1.29 is 10.2 Å². The first-order valence-electron chi connectivity index (χ1n) is 7.76. The van der Waals surface area contributed by atoms with Gasteiger partial charge in [-0.15, -0.1) is 24.8 Å². The summed E-state index contributed by atoms with van der Waals surface area (Å²) in [5.74, 6) is 0.299. The van der Waals surface area contributed by atoms with Crippen molar-refractivity contribution in [3.8, 4) is 34.0 Å². The van der Waals surface area contributed by atoms with Crippen LogP contribution in [0, 0.1) is 0 Å². The maximum absolute atomic E-state index is 9.83. The molecule has 0 aliphatic carbocycles. The van der Waals surface area contributed by atoms with Crippen LogP contribution in [0.15, 0.2) is 66.7 Å². The number of nitrogens with two attached hydrogens (primary N) is 1. The molecular weight excluding hydrogens is 385 g/mol. The summed E-state index contributed by atoms with van der Waals surface area (Å²) >= 11 is 0. The number of nitrogen functional groups attached to an aromatic ring is 1. The lowest BCUT2D eigenvalue weighted by Gasteiger charge is -2.11. The monoisotopic (exact) mass is 401 g/mol. The Morgan fingerprint density at radius 2 is 1.15 bits per heavy atom. The van der Waals surface area contributed by atoms with Gasteiger partial charge in [0.1, 0.15) is 11.5 Å². The topological polar surface area (TPSA) is 92.3 Å². The Kier molecular flexibility index (Phi) is 6.10. The number of aromatic nitrogens is 2. The fraction of sp³-hybridized carbons (Fsp3) is 0. The molecule has 0 fully saturated rings. The molecule has 0 atom stereocenters. The predicted molar refractivity (Wildman–Crippen MR) is 113 cm³/mol. The second kappa shape index (κ2) is 8.12. The van der Waals surface area contributed by atoms with Crippen LogP contribution in [0.2, 0.25) is 0 Å². The molecule has 0 amide bonds. The Hall–Kier alpha value is -3.02. The average molecular weight is 402 g/mol. The van der Waals surface area contributed by atoms with Crippen molar-refractivity contribution in [2.45, 2.75) is 0 Å². The van der Waals surface area contributed by atoms with E-state index in [4.69, 9.17) is 15.7 Å². The first-order valence-corrected chi connectivity index (χ1v) is 7.76. The van der Waals surface area contributed by atoms with E-state index in [0.717, 1.165) is 11.1 Å². The molecule has 4 N–H and O–H groups in total. The number of hydrogen-bond acceptors (Lipinski definition) is 5. The third-order valence-electron chi connectivity index (χ3n) is 3.93. The fourth-order valence-corrected chi connectivity index (χ4v) is 2.78. The summed E-state index contributed by atoms with van der Waals surface area (Å²) < 4.78 is 0. The van der Waals surface area contributed by atoms with Crippen LogP contribution in [0.3, 0.4) is 0 Å². The third kappa shape index (κ3) is 4.05. The largest absolute Gasteiger partial charge is 0.508 e. The molecule has 0 bridgehead atoms. The Labute approximate surface area is 168 Å². The summed E-state index contributed by atoms with van der Waals surface area (Å²) in [7, 11) is 0. The summed E-state index contributed by atoms with van der Waals surface area (Å²) in [5, 5.41) is 19.7. The standard InChI is InChI=1S/C20H15N3O2.2ClH/c21-14-7-8-17-18(11-14)23-20(13-4-2-6-16(25)10-13)19(22-17)12-3-1-5-15(24)9-12;;/h1-11,24-25H,21H2;2*1H. The number of phenols is 2. The second-order valence-corrected chi connectivity index (χ2v) is 5.77. The summed E-state index contributed by atoms with van der Waals surface area (Å²) in [4.78, 5) is 9.44. The van der Waals surface area contributed by atoms with E-state index in [0.29, 0.717) is 28.1 Å². The first-order chi connectivity index (χ1) is 12.1. The second-order valence-electron chi connectivity index (χ2n) is 5.77. The van der Waals surface area contributed by atoms with Crippen molar-refractivity contribution in [2.75, 3.05) is 5.73 Å². The van der Waals surface area contributed by atoms with E-state index in [1.165, 1.54) is 0 Å². The van der Waals surface area contributed by atoms with Gasteiger partial charge in [0.2, 0.25) is 0 Å². The van der Waals surface area contributed by atoms with Crippen molar-refractivity contribution in [3.05, 3.63) is 66.7 Å². The zero-order valence-electron chi connectivity index (χ0n) is 14.0. The zero-order chi connectivity index (χ0) is 17.4. The van der Waals surface area contributed by atoms with E-state index in [2.05, 4.69) is 0 Å². The maximum atomic E-state index is 9.83. The summed E-state index contributed by atoms with van der Waals surface area (Å²) in [5.41, 5.74) is 10.6. The number of rotatable bonds is 2. The molecule has 5 nitrogen and oxygen atoms in total. The smallest absolute Gasteiger partial charge is 0.116 e. The van der Waals surface area contributed by atoms with E-state index in [1.54, 1.807) is 48.5 Å². The Bertz CT molecular complexity index is 1100. The van der Waals surface area contributed by atoms with Gasteiger partial charge in [0.15, 0.2) is 0 Å². The number of fused-ring (bicyclic) bond motifs is 1. The van der Waals surface area contributed by atoms with Crippen LogP contribution in [0.5, 0.6) is 11.5 Å². The molecule has 0 radical (unpaired) electrons. The van der Waals surface area contributed by atoms with Gasteiger partial charge in [-0.25, -0.2) is 9.97 Å². The molecule has 0 saturated heterocycles. The Balaban J connectivity index is 0.00000131. The molecule has 0 aliphatic heterocycles. The van der Waals surface area contributed by atoms with Crippen molar-refractivity contribution >= 4 is 41.5 Å². The van der Waals surface area contributed by atoms with E-state index in [9.17, 15) is 10.2 Å². The normalized spacial score (nSPS) is 10.1. The number of halogens is 2. The molecule has 4 aromatic rings. The minimum atomic E-state index is 0. The molecule has 4 rings (SSSR count). The zero-order valence-corrected chi connectivity index (χ0v) is 15.7. The molecule has 7 heteroatoms. The summed E-state index contributed by atoms with van der Waals surface area (Å²) in [6, 6.07) is 19.1. The number of phenolic OH excluding ortho intramolecular Hbond substituents is 2. The van der Waals surface area contributed by atoms with Gasteiger partial charge in [0.05, 0.1) is 22.4 Å². The van der Waals surface area contributed by atoms with Gasteiger partial charge in [-0.2, -0.15) is 0 Å². The minimum Gasteiger partial charge on any atom is -0.508 e. The highest BCUT2D eigenvalue weighted by Gasteiger charge is 2.14. The fourth-order valence-electron chi connectivity index (χ4n) is 2.78. The molecule has 0 spiro atoms. The molecule has 27 heavy (non-hydrogen) atoms. The van der Waals surface area contributed by atoms with Crippen LogP contribution in [0.4, 0.5) is 5.69 Å². The predicted octanol–water partition coefficient (Wildman–Crippen LogP) is 4.80. The Morgan fingerprint density at radius 1 is 0.630 bits per heavy atom. The highest BCUT2D eigenvalue weighted by atomic mass is 35.5. The number of nitrogens with zero attached hydrogens (tertiary/aromatic N) is 2. The lowest BCUT2D eigenvalue weighted by Crippen LogP contribution is -1.96. The van der Waals surface area contributed by atoms with Gasteiger partial charge in [-0.1, -0.05) is 24.3 Å². The molecule has 0 saturated carbocycles. The highest BCUT2D eigenvalue weighted by molar-refractivity contribution is 5.88. The number of anilines is 1. The molecule has 3 aromatic carbocycles. The van der Waals surface area contributed by atoms with Crippen LogP contribution in [-0.4, -0.2) is 20.2 Å². The van der Waals surface area contributed by atoms with Crippen LogP contribution in [0.25, 0.3) is 33.5 Å². The van der Waals surface area contributed by atoms with Crippen molar-refractivity contribution in [1.82, 2.24) is 9.97 Å². The van der Waals surface area contributed by atoms with Crippen LogP contribution >= 0.6 is 24.8 Å². The van der Waals surface area contributed by atoms with Gasteiger partial charge in [-0.3, -0.25) is 0 Å². The molecule has 138 valence electrons. The van der Waals surface area contributed by atoms with E-state index in [1.807, 2.05) is 18.2 Å². The number of aromatic hydroxyl groups is 2. The quantitative estimate of drug-likeness (QED) is 0.419. The molecule has 1 heterocycles. The van der Waals surface area contributed by atoms with Crippen LogP contribution in [0.1, 0.15) is 0 Å². The first kappa shape index (κ1) is 20.3. The highest BCUT2D eigenvalue weighted by Crippen LogP contribution is 2.33. The number of hydrogen-bond donors (Lipinski definition) is 3. The van der Waals surface area contributed by atoms with Gasteiger partial charge >= 0.3 is 0 Å². The maximum Gasteiger partial charge on any atom is 0.116 e. The lowest BCUT2D eigenvalue weighted by molar-refractivity contribution is 0.475. The van der Waals surface area contributed by atoms with Crippen molar-refractivity contribution in [3.63, 3.8) is 0 Å². The summed E-state index contributed by atoms with van der Waals surface area (Å²) in [6.07, 6.45) is 0.